The summed E-state index contributed by atoms with van der Waals surface area (Å²) >= 11 is 0. The lowest BCUT2D eigenvalue weighted by Crippen LogP contribution is -2.51. The molecule has 0 aromatic heterocycles. The van der Waals surface area contributed by atoms with Crippen molar-refractivity contribution in [3.05, 3.63) is 29.3 Å². The lowest BCUT2D eigenvalue weighted by molar-refractivity contribution is 0.0688. The van der Waals surface area contributed by atoms with E-state index in [2.05, 4.69) is 36.9 Å². The van der Waals surface area contributed by atoms with E-state index in [1.165, 1.54) is 11.1 Å². The Hall–Kier alpha value is -1.19. The Morgan fingerprint density at radius 2 is 1.81 bits per heavy atom. The van der Waals surface area contributed by atoms with Gasteiger partial charge in [-0.3, -0.25) is 0 Å². The van der Waals surface area contributed by atoms with Gasteiger partial charge in [-0.15, -0.1) is 0 Å². The number of hydrogen-bond acceptors (Lipinski definition) is 5. The predicted octanol–water partition coefficient (Wildman–Crippen LogP) is 2.16. The number of rotatable bonds is 8. The molecule has 31 heavy (non-hydrogen) atoms. The van der Waals surface area contributed by atoms with Crippen LogP contribution in [0.15, 0.2) is 18.2 Å². The number of fused-ring (bicyclic) bond motifs is 1. The first-order valence-corrected chi connectivity index (χ1v) is 13.2. The van der Waals surface area contributed by atoms with Gasteiger partial charge in [0, 0.05) is 45.2 Å². The topological polar surface area (TPSA) is 62.3 Å². The summed E-state index contributed by atoms with van der Waals surface area (Å²) in [6, 6.07) is 7.08. The third kappa shape index (κ3) is 5.42. The van der Waals surface area contributed by atoms with Gasteiger partial charge in [0.2, 0.25) is 0 Å². The molecule has 174 valence electrons. The molecule has 0 radical (unpaired) electrons. The molecule has 0 N–H and O–H groups in total. The van der Waals surface area contributed by atoms with Crippen LogP contribution in [0.2, 0.25) is 0 Å². The smallest absolute Gasteiger partial charge is 0.282 e. The first kappa shape index (κ1) is 23.0. The van der Waals surface area contributed by atoms with Gasteiger partial charge in [0.05, 0.1) is 19.8 Å². The molecule has 1 aromatic rings. The molecule has 0 saturated carbocycles. The fraction of sp³-hybridized carbons (Fsp3) is 0.739. The molecule has 3 aliphatic heterocycles. The number of benzene rings is 1. The van der Waals surface area contributed by atoms with E-state index in [0.29, 0.717) is 51.4 Å². The Morgan fingerprint density at radius 1 is 1.10 bits per heavy atom. The van der Waals surface area contributed by atoms with Crippen LogP contribution in [0.1, 0.15) is 37.8 Å². The van der Waals surface area contributed by atoms with E-state index in [0.717, 1.165) is 51.1 Å². The van der Waals surface area contributed by atoms with Crippen molar-refractivity contribution in [2.24, 2.45) is 5.92 Å². The summed E-state index contributed by atoms with van der Waals surface area (Å²) in [4.78, 5) is 2.56. The molecule has 0 aliphatic carbocycles. The molecule has 1 aromatic carbocycles. The summed E-state index contributed by atoms with van der Waals surface area (Å²) in [5.41, 5.74) is 2.71. The highest BCUT2D eigenvalue weighted by atomic mass is 32.2. The fourth-order valence-corrected chi connectivity index (χ4v) is 6.66. The minimum Gasteiger partial charge on any atom is -0.493 e. The van der Waals surface area contributed by atoms with Crippen LogP contribution in [-0.4, -0.2) is 87.1 Å². The van der Waals surface area contributed by atoms with Gasteiger partial charge in [-0.05, 0) is 55.8 Å². The number of likely N-dealkylation sites (N-methyl/N-ethyl adjacent to an activating group) is 1. The fourth-order valence-electron chi connectivity index (χ4n) is 5.05. The van der Waals surface area contributed by atoms with Crippen LogP contribution in [0.25, 0.3) is 0 Å². The standard InChI is InChI=1S/C23H37N3O4S/c1-3-24(19(2)16-21-4-5-23-22(17-21)8-13-30-23)18-20-6-9-25(10-7-20)31(27,28)26-11-14-29-15-12-26/h4-5,17,19-20H,3,6-16,18H2,1-2H3. The first-order valence-electron chi connectivity index (χ1n) is 11.8. The van der Waals surface area contributed by atoms with Crippen LogP contribution < -0.4 is 4.74 Å². The minimum absolute atomic E-state index is 0.459. The molecule has 3 heterocycles. The molecule has 2 fully saturated rings. The van der Waals surface area contributed by atoms with E-state index >= 15 is 0 Å². The van der Waals surface area contributed by atoms with Gasteiger partial charge in [0.15, 0.2) is 0 Å². The summed E-state index contributed by atoms with van der Waals surface area (Å²) in [6.45, 7) is 10.6. The lowest BCUT2D eigenvalue weighted by atomic mass is 9.96. The molecule has 1 unspecified atom stereocenters. The largest absolute Gasteiger partial charge is 0.493 e. The van der Waals surface area contributed by atoms with Crippen LogP contribution in [0.4, 0.5) is 0 Å². The van der Waals surface area contributed by atoms with Crippen LogP contribution in [0.3, 0.4) is 0 Å². The number of piperidine rings is 1. The highest BCUT2D eigenvalue weighted by Gasteiger charge is 2.34. The van der Waals surface area contributed by atoms with Gasteiger partial charge in [0.1, 0.15) is 5.75 Å². The van der Waals surface area contributed by atoms with Crippen molar-refractivity contribution in [2.45, 2.75) is 45.6 Å². The lowest BCUT2D eigenvalue weighted by Gasteiger charge is -2.38. The Kier molecular flexibility index (Phi) is 7.54. The van der Waals surface area contributed by atoms with Crippen LogP contribution in [0, 0.1) is 5.92 Å². The molecule has 0 bridgehead atoms. The van der Waals surface area contributed by atoms with Gasteiger partial charge in [-0.25, -0.2) is 0 Å². The van der Waals surface area contributed by atoms with Gasteiger partial charge in [0.25, 0.3) is 10.2 Å². The molecule has 8 heteroatoms. The van der Waals surface area contributed by atoms with E-state index in [1.54, 1.807) is 8.61 Å². The van der Waals surface area contributed by atoms with Crippen LogP contribution >= 0.6 is 0 Å². The van der Waals surface area contributed by atoms with Crippen molar-refractivity contribution in [3.8, 4) is 5.75 Å². The Bertz CT molecular complexity index is 833. The van der Waals surface area contributed by atoms with E-state index in [-0.39, 0.29) is 0 Å². The maximum atomic E-state index is 12.9. The normalized spacial score (nSPS) is 22.4. The number of hydrogen-bond donors (Lipinski definition) is 0. The van der Waals surface area contributed by atoms with E-state index in [1.807, 2.05) is 0 Å². The number of morpholine rings is 1. The molecular formula is C23H37N3O4S. The number of nitrogens with zero attached hydrogens (tertiary/aromatic N) is 3. The maximum absolute atomic E-state index is 12.9. The molecule has 0 amide bonds. The van der Waals surface area contributed by atoms with Crippen molar-refractivity contribution in [3.63, 3.8) is 0 Å². The first-order chi connectivity index (χ1) is 15.0. The second kappa shape index (κ2) is 10.2. The summed E-state index contributed by atoms with van der Waals surface area (Å²) in [7, 11) is -3.34. The third-order valence-corrected chi connectivity index (χ3v) is 9.04. The highest BCUT2D eigenvalue weighted by Crippen LogP contribution is 2.27. The summed E-state index contributed by atoms with van der Waals surface area (Å²) in [5.74, 6) is 1.59. The van der Waals surface area contributed by atoms with E-state index < -0.39 is 10.2 Å². The zero-order valence-electron chi connectivity index (χ0n) is 19.0. The van der Waals surface area contributed by atoms with Crippen molar-refractivity contribution >= 4 is 10.2 Å². The summed E-state index contributed by atoms with van der Waals surface area (Å²) in [6.07, 6.45) is 3.91. The second-order valence-corrected chi connectivity index (χ2v) is 11.0. The van der Waals surface area contributed by atoms with Crippen molar-refractivity contribution in [2.75, 3.05) is 59.1 Å². The Morgan fingerprint density at radius 3 is 2.52 bits per heavy atom. The predicted molar refractivity (Wildman–Crippen MR) is 122 cm³/mol. The van der Waals surface area contributed by atoms with Gasteiger partial charge in [-0.1, -0.05) is 19.1 Å². The zero-order valence-corrected chi connectivity index (χ0v) is 19.8. The molecule has 2 saturated heterocycles. The molecule has 3 aliphatic rings. The second-order valence-electron chi connectivity index (χ2n) is 9.04. The van der Waals surface area contributed by atoms with Gasteiger partial charge in [-0.2, -0.15) is 17.0 Å². The number of ether oxygens (including phenoxy) is 2. The average Bonchev–Trinajstić information content (AvgIpc) is 3.26. The molecule has 4 rings (SSSR count). The van der Waals surface area contributed by atoms with Gasteiger partial charge < -0.3 is 14.4 Å². The Balaban J connectivity index is 1.28. The van der Waals surface area contributed by atoms with E-state index in [4.69, 9.17) is 9.47 Å². The SMILES string of the molecule is CCN(CC1CCN(S(=O)(=O)N2CCOCC2)CC1)C(C)Cc1ccc2c(c1)CCO2. The maximum Gasteiger partial charge on any atom is 0.282 e. The van der Waals surface area contributed by atoms with Crippen molar-refractivity contribution in [1.29, 1.82) is 0 Å². The monoisotopic (exact) mass is 451 g/mol. The van der Waals surface area contributed by atoms with E-state index in [9.17, 15) is 8.42 Å². The van der Waals surface area contributed by atoms with Crippen molar-refractivity contribution < 1.29 is 17.9 Å². The molecule has 7 nitrogen and oxygen atoms in total. The minimum atomic E-state index is -3.34. The average molecular weight is 452 g/mol. The molecular weight excluding hydrogens is 414 g/mol. The summed E-state index contributed by atoms with van der Waals surface area (Å²) < 4.78 is 40.0. The van der Waals surface area contributed by atoms with Crippen LogP contribution in [-0.2, 0) is 27.8 Å². The highest BCUT2D eigenvalue weighted by molar-refractivity contribution is 7.86. The third-order valence-electron chi connectivity index (χ3n) is 7.00. The summed E-state index contributed by atoms with van der Waals surface area (Å²) in [5, 5.41) is 0. The van der Waals surface area contributed by atoms with Gasteiger partial charge >= 0.3 is 0 Å². The molecule has 1 atom stereocenters. The Labute approximate surface area is 187 Å². The van der Waals surface area contributed by atoms with Crippen molar-refractivity contribution in [1.82, 2.24) is 13.5 Å². The molecule has 0 spiro atoms. The quantitative estimate of drug-likeness (QED) is 0.606. The zero-order chi connectivity index (χ0) is 21.8. The van der Waals surface area contributed by atoms with Crippen LogP contribution in [0.5, 0.6) is 5.75 Å².